The van der Waals surface area contributed by atoms with Crippen molar-refractivity contribution in [1.82, 2.24) is 0 Å². The number of phosphoric ester groups is 1. The Balaban J connectivity index is 2.45. The molecule has 0 spiro atoms. The first-order valence-corrected chi connectivity index (χ1v) is 23.8. The summed E-state index contributed by atoms with van der Waals surface area (Å²) in [4.78, 5) is 35.2. The van der Waals surface area contributed by atoms with Gasteiger partial charge in [-0.05, 0) is 37.5 Å². The molecule has 1 rings (SSSR count). The number of hydrogen-bond donors (Lipinski definition) is 6. The van der Waals surface area contributed by atoms with E-state index in [1.54, 1.807) is 6.08 Å². The number of unbranched alkanes of at least 4 members (excludes halogenated alkanes) is 14. The fourth-order valence-electron chi connectivity index (χ4n) is 7.18. The van der Waals surface area contributed by atoms with Gasteiger partial charge in [-0.25, -0.2) is 4.57 Å². The Morgan fingerprint density at radius 1 is 0.737 bits per heavy atom. The number of carbonyl (C=O) groups is 2. The molecule has 336 valence electrons. The highest BCUT2D eigenvalue weighted by Gasteiger charge is 2.39. The van der Waals surface area contributed by atoms with Gasteiger partial charge in [0.25, 0.3) is 0 Å². The molecule has 1 aliphatic carbocycles. The molecule has 57 heavy (non-hydrogen) atoms. The summed E-state index contributed by atoms with van der Waals surface area (Å²) in [5.41, 5.74) is 0. The van der Waals surface area contributed by atoms with E-state index in [2.05, 4.69) is 25.3 Å². The van der Waals surface area contributed by atoms with Crippen LogP contribution in [0, 0.1) is 17.8 Å². The van der Waals surface area contributed by atoms with Crippen molar-refractivity contribution < 1.29 is 63.1 Å². The largest absolute Gasteiger partial charge is 0.472 e. The minimum absolute atomic E-state index is 0.0602. The fourth-order valence-corrected chi connectivity index (χ4v) is 7.97. The molecule has 9 atom stereocenters. The van der Waals surface area contributed by atoms with E-state index in [-0.39, 0.29) is 31.3 Å². The molecule has 0 saturated heterocycles. The van der Waals surface area contributed by atoms with Crippen LogP contribution >= 0.6 is 7.82 Å². The zero-order valence-corrected chi connectivity index (χ0v) is 36.5. The highest BCUT2D eigenvalue weighted by molar-refractivity contribution is 7.47. The lowest BCUT2D eigenvalue weighted by Gasteiger charge is -2.21. The van der Waals surface area contributed by atoms with E-state index in [1.165, 1.54) is 51.4 Å². The third kappa shape index (κ3) is 27.9. The first-order chi connectivity index (χ1) is 27.3. The SMILES string of the molecule is CCCCC[C@H](O)/C=C/[C@@H]1[C@@H](CCCCCCC(=O)O[C@H](COC(=O)CCCCCCCCCCCCC(C)CC)COP(=O)(O)OC[C@@H](O)CO)[C@@H](O)C[C@H]1O. The summed E-state index contributed by atoms with van der Waals surface area (Å²) in [7, 11) is -4.68. The van der Waals surface area contributed by atoms with Crippen LogP contribution in [0.3, 0.4) is 0 Å². The van der Waals surface area contributed by atoms with Crippen molar-refractivity contribution in [2.75, 3.05) is 26.4 Å². The van der Waals surface area contributed by atoms with Crippen molar-refractivity contribution >= 4 is 19.8 Å². The van der Waals surface area contributed by atoms with Crippen molar-refractivity contribution in [2.24, 2.45) is 17.8 Å². The van der Waals surface area contributed by atoms with Crippen molar-refractivity contribution in [3.63, 3.8) is 0 Å². The zero-order valence-electron chi connectivity index (χ0n) is 35.6. The summed E-state index contributed by atoms with van der Waals surface area (Å²) in [5, 5.41) is 49.7. The van der Waals surface area contributed by atoms with Gasteiger partial charge in [0.1, 0.15) is 12.7 Å². The lowest BCUT2D eigenvalue weighted by Crippen LogP contribution is -2.29. The van der Waals surface area contributed by atoms with Gasteiger partial charge in [-0.3, -0.25) is 18.6 Å². The van der Waals surface area contributed by atoms with Gasteiger partial charge in [-0.15, -0.1) is 0 Å². The number of phosphoric acid groups is 1. The second-order valence-corrected chi connectivity index (χ2v) is 17.7. The number of esters is 2. The average Bonchev–Trinajstić information content (AvgIpc) is 3.46. The summed E-state index contributed by atoms with van der Waals surface area (Å²) < 4.78 is 32.7. The molecule has 2 unspecified atom stereocenters. The lowest BCUT2D eigenvalue weighted by molar-refractivity contribution is -0.161. The van der Waals surface area contributed by atoms with Crippen LogP contribution in [0.4, 0.5) is 0 Å². The maximum absolute atomic E-state index is 12.7. The summed E-state index contributed by atoms with van der Waals surface area (Å²) in [6.07, 6.45) is 21.0. The molecule has 0 aliphatic heterocycles. The van der Waals surface area contributed by atoms with Gasteiger partial charge in [-0.1, -0.05) is 142 Å². The summed E-state index contributed by atoms with van der Waals surface area (Å²) >= 11 is 0. The Hall–Kier alpha value is -1.41. The van der Waals surface area contributed by atoms with E-state index in [9.17, 15) is 39.5 Å². The van der Waals surface area contributed by atoms with Gasteiger partial charge in [0.05, 0.1) is 38.1 Å². The smallest absolute Gasteiger partial charge is 0.462 e. The second kappa shape index (κ2) is 33.3. The Bertz CT molecular complexity index is 1090. The Morgan fingerprint density at radius 3 is 1.91 bits per heavy atom. The highest BCUT2D eigenvalue weighted by Crippen LogP contribution is 2.43. The maximum Gasteiger partial charge on any atom is 0.472 e. The minimum Gasteiger partial charge on any atom is -0.462 e. The molecule has 1 fully saturated rings. The molecule has 1 saturated carbocycles. The van der Waals surface area contributed by atoms with Crippen molar-refractivity contribution in [3.05, 3.63) is 12.2 Å². The van der Waals surface area contributed by atoms with Gasteiger partial charge >= 0.3 is 19.8 Å². The number of carbonyl (C=O) groups excluding carboxylic acids is 2. The molecule has 0 bridgehead atoms. The van der Waals surface area contributed by atoms with Crippen LogP contribution in [-0.2, 0) is 32.7 Å². The predicted octanol–water partition coefficient (Wildman–Crippen LogP) is 7.85. The topological polar surface area (TPSA) is 210 Å². The third-order valence-corrected chi connectivity index (χ3v) is 12.0. The maximum atomic E-state index is 12.7. The monoisotopic (exact) mass is 837 g/mol. The van der Waals surface area contributed by atoms with Gasteiger partial charge in [0.2, 0.25) is 0 Å². The molecule has 13 nitrogen and oxygen atoms in total. The first-order valence-electron chi connectivity index (χ1n) is 22.3. The van der Waals surface area contributed by atoms with Crippen LogP contribution in [0.5, 0.6) is 0 Å². The third-order valence-electron chi connectivity index (χ3n) is 11.1. The number of rotatable bonds is 37. The molecule has 0 heterocycles. The molecule has 0 aromatic heterocycles. The quantitative estimate of drug-likeness (QED) is 0.0153. The molecular weight excluding hydrogens is 755 g/mol. The molecular formula is C43H81O13P. The normalized spacial score (nSPS) is 21.6. The van der Waals surface area contributed by atoms with Crippen LogP contribution in [0.25, 0.3) is 0 Å². The van der Waals surface area contributed by atoms with Crippen molar-refractivity contribution in [1.29, 1.82) is 0 Å². The lowest BCUT2D eigenvalue weighted by atomic mass is 9.88. The Labute approximate surface area is 343 Å². The van der Waals surface area contributed by atoms with E-state index in [0.29, 0.717) is 38.5 Å². The second-order valence-electron chi connectivity index (χ2n) is 16.3. The zero-order chi connectivity index (χ0) is 42.3. The predicted molar refractivity (Wildman–Crippen MR) is 221 cm³/mol. The molecule has 0 amide bonds. The van der Waals surface area contributed by atoms with Crippen LogP contribution in [0.1, 0.15) is 175 Å². The standard InChI is InChI=1S/C43H81O13P/c1-4-6-17-23-35(45)27-28-39-38(40(47)29-41(39)48)24-19-15-16-21-26-43(50)56-37(33-55-57(51,52)54-31-36(46)30-44)32-53-42(49)25-20-14-12-10-8-7-9-11-13-18-22-34(3)5-2/h27-28,34-41,44-48H,4-26,29-33H2,1-3H3,(H,51,52)/b28-27+/t34?,35-,36-,37+,38+,39+,40-,41+/m0/s1. The first kappa shape index (κ1) is 53.6. The molecule has 0 aromatic rings. The Morgan fingerprint density at radius 2 is 1.30 bits per heavy atom. The highest BCUT2D eigenvalue weighted by atomic mass is 31.2. The van der Waals surface area contributed by atoms with Crippen LogP contribution in [-0.4, -0.2) is 99.3 Å². The molecule has 0 aromatic carbocycles. The van der Waals surface area contributed by atoms with Gasteiger partial charge in [0, 0.05) is 25.2 Å². The number of ether oxygens (including phenoxy) is 2. The van der Waals surface area contributed by atoms with Gasteiger partial charge in [-0.2, -0.15) is 0 Å². The van der Waals surface area contributed by atoms with Crippen molar-refractivity contribution in [2.45, 2.75) is 205 Å². The van der Waals surface area contributed by atoms with Crippen LogP contribution < -0.4 is 0 Å². The van der Waals surface area contributed by atoms with E-state index in [0.717, 1.165) is 57.3 Å². The minimum atomic E-state index is -4.68. The molecule has 1 aliphatic rings. The van der Waals surface area contributed by atoms with E-state index < -0.39 is 70.1 Å². The number of aliphatic hydroxyl groups is 5. The Kier molecular flexibility index (Phi) is 31.3. The number of aliphatic hydroxyl groups excluding tert-OH is 5. The van der Waals surface area contributed by atoms with Crippen molar-refractivity contribution in [3.8, 4) is 0 Å². The average molecular weight is 837 g/mol. The summed E-state index contributed by atoms with van der Waals surface area (Å²) in [6, 6.07) is 0. The van der Waals surface area contributed by atoms with Crippen LogP contribution in [0.15, 0.2) is 12.2 Å². The summed E-state index contributed by atoms with van der Waals surface area (Å²) in [5.74, 6) is -0.565. The van der Waals surface area contributed by atoms with E-state index in [4.69, 9.17) is 19.1 Å². The van der Waals surface area contributed by atoms with Gasteiger partial charge < -0.3 is 39.9 Å². The van der Waals surface area contributed by atoms with Crippen LogP contribution in [0.2, 0.25) is 0 Å². The molecule has 6 N–H and O–H groups in total. The van der Waals surface area contributed by atoms with E-state index >= 15 is 0 Å². The van der Waals surface area contributed by atoms with Gasteiger partial charge in [0.15, 0.2) is 6.10 Å². The summed E-state index contributed by atoms with van der Waals surface area (Å²) in [6.45, 7) is 4.38. The number of hydrogen-bond acceptors (Lipinski definition) is 12. The van der Waals surface area contributed by atoms with E-state index in [1.807, 2.05) is 6.08 Å². The molecule has 14 heteroatoms. The molecule has 0 radical (unpaired) electrons. The fraction of sp³-hybridized carbons (Fsp3) is 0.907.